The van der Waals surface area contributed by atoms with Gasteiger partial charge in [0, 0.05) is 57.7 Å². The largest absolute Gasteiger partial charge is 0.493 e. The van der Waals surface area contributed by atoms with Crippen molar-refractivity contribution in [3.63, 3.8) is 0 Å². The molecular weight excluding hydrogens is 378 g/mol. The zero-order valence-corrected chi connectivity index (χ0v) is 18.6. The summed E-state index contributed by atoms with van der Waals surface area (Å²) in [5.74, 6) is 2.55. The van der Waals surface area contributed by atoms with Crippen LogP contribution in [-0.2, 0) is 11.3 Å². The average Bonchev–Trinajstić information content (AvgIpc) is 2.77. The van der Waals surface area contributed by atoms with Crippen molar-refractivity contribution in [1.82, 2.24) is 10.3 Å². The Morgan fingerprint density at radius 2 is 1.93 bits per heavy atom. The molecule has 0 aliphatic heterocycles. The van der Waals surface area contributed by atoms with Crippen LogP contribution >= 0.6 is 0 Å². The maximum atomic E-state index is 5.78. The molecule has 7 heteroatoms. The Morgan fingerprint density at radius 1 is 1.10 bits per heavy atom. The number of nitrogens with zero attached hydrogens (tertiary/aromatic N) is 3. The van der Waals surface area contributed by atoms with Crippen molar-refractivity contribution in [2.75, 3.05) is 50.2 Å². The number of pyridine rings is 1. The van der Waals surface area contributed by atoms with Crippen molar-refractivity contribution in [2.45, 2.75) is 33.7 Å². The number of hydrogen-bond donors (Lipinski definition) is 2. The van der Waals surface area contributed by atoms with Crippen molar-refractivity contribution in [3.05, 3.63) is 48.2 Å². The Kier molecular flexibility index (Phi) is 10.5. The highest BCUT2D eigenvalue weighted by Crippen LogP contribution is 2.18. The first kappa shape index (κ1) is 23.5. The van der Waals surface area contributed by atoms with E-state index in [-0.39, 0.29) is 0 Å². The summed E-state index contributed by atoms with van der Waals surface area (Å²) in [7, 11) is 1.70. The third-order valence-corrected chi connectivity index (χ3v) is 4.52. The number of guanidine groups is 1. The number of rotatable bonds is 12. The summed E-state index contributed by atoms with van der Waals surface area (Å²) >= 11 is 0. The molecule has 0 fully saturated rings. The molecule has 1 heterocycles. The molecule has 0 saturated carbocycles. The molecule has 0 amide bonds. The number of aliphatic imine (C=N–C) groups is 1. The van der Waals surface area contributed by atoms with Gasteiger partial charge in [-0.2, -0.15) is 0 Å². The molecule has 0 aliphatic rings. The highest BCUT2D eigenvalue weighted by molar-refractivity contribution is 5.93. The van der Waals surface area contributed by atoms with Gasteiger partial charge in [-0.3, -0.25) is 0 Å². The molecule has 2 aromatic rings. The quantitative estimate of drug-likeness (QED) is 0.312. The van der Waals surface area contributed by atoms with E-state index in [4.69, 9.17) is 14.5 Å². The number of aromatic nitrogens is 1. The maximum absolute atomic E-state index is 5.78. The lowest BCUT2D eigenvalue weighted by Crippen LogP contribution is -2.30. The van der Waals surface area contributed by atoms with Gasteiger partial charge in [-0.25, -0.2) is 9.98 Å². The summed E-state index contributed by atoms with van der Waals surface area (Å²) in [4.78, 5) is 11.5. The van der Waals surface area contributed by atoms with Gasteiger partial charge in [0.05, 0.1) is 13.2 Å². The first-order valence-corrected chi connectivity index (χ1v) is 10.7. The van der Waals surface area contributed by atoms with E-state index in [2.05, 4.69) is 46.5 Å². The molecule has 0 unspecified atom stereocenters. The fraction of sp³-hybridized carbons (Fsp3) is 0.478. The number of anilines is 2. The molecule has 0 saturated heterocycles. The monoisotopic (exact) mass is 413 g/mol. The van der Waals surface area contributed by atoms with Crippen LogP contribution in [-0.4, -0.2) is 50.9 Å². The maximum Gasteiger partial charge on any atom is 0.196 e. The Bertz CT molecular complexity index is 760. The van der Waals surface area contributed by atoms with Crippen molar-refractivity contribution < 1.29 is 9.47 Å². The number of nitrogens with one attached hydrogen (secondary N) is 2. The van der Waals surface area contributed by atoms with Crippen LogP contribution in [0.1, 0.15) is 32.8 Å². The van der Waals surface area contributed by atoms with E-state index in [1.54, 1.807) is 7.11 Å². The molecule has 164 valence electrons. The highest BCUT2D eigenvalue weighted by Gasteiger charge is 2.04. The van der Waals surface area contributed by atoms with E-state index < -0.39 is 0 Å². The predicted molar refractivity (Wildman–Crippen MR) is 125 cm³/mol. The minimum Gasteiger partial charge on any atom is -0.493 e. The van der Waals surface area contributed by atoms with Crippen molar-refractivity contribution in [3.8, 4) is 5.75 Å². The van der Waals surface area contributed by atoms with Gasteiger partial charge in [0.15, 0.2) is 5.96 Å². The Balaban J connectivity index is 1.99. The van der Waals surface area contributed by atoms with E-state index in [0.29, 0.717) is 19.8 Å². The number of methoxy groups -OCH3 is 1. The van der Waals surface area contributed by atoms with E-state index in [0.717, 1.165) is 54.8 Å². The molecule has 1 aromatic heterocycles. The summed E-state index contributed by atoms with van der Waals surface area (Å²) in [6.45, 7) is 10.9. The summed E-state index contributed by atoms with van der Waals surface area (Å²) in [5.41, 5.74) is 1.99. The minimum atomic E-state index is 0.550. The van der Waals surface area contributed by atoms with Gasteiger partial charge in [-0.15, -0.1) is 0 Å². The molecule has 0 aliphatic carbocycles. The van der Waals surface area contributed by atoms with Gasteiger partial charge in [-0.1, -0.05) is 12.1 Å². The van der Waals surface area contributed by atoms with Gasteiger partial charge in [0.25, 0.3) is 0 Å². The van der Waals surface area contributed by atoms with Gasteiger partial charge in [-0.05, 0) is 44.5 Å². The molecule has 30 heavy (non-hydrogen) atoms. The Morgan fingerprint density at radius 3 is 2.60 bits per heavy atom. The van der Waals surface area contributed by atoms with Gasteiger partial charge < -0.3 is 25.0 Å². The van der Waals surface area contributed by atoms with E-state index >= 15 is 0 Å². The fourth-order valence-electron chi connectivity index (χ4n) is 2.92. The predicted octanol–water partition coefficient (Wildman–Crippen LogP) is 3.92. The van der Waals surface area contributed by atoms with Crippen LogP contribution in [0.25, 0.3) is 0 Å². The average molecular weight is 414 g/mol. The number of ether oxygens (including phenoxy) is 2. The second kappa shape index (κ2) is 13.4. The third kappa shape index (κ3) is 7.91. The van der Waals surface area contributed by atoms with Crippen molar-refractivity contribution >= 4 is 17.5 Å². The molecule has 0 atom stereocenters. The summed E-state index contributed by atoms with van der Waals surface area (Å²) in [5, 5.41) is 6.63. The van der Waals surface area contributed by atoms with Gasteiger partial charge >= 0.3 is 0 Å². The molecule has 1 aromatic carbocycles. The number of benzene rings is 1. The van der Waals surface area contributed by atoms with Crippen LogP contribution in [0.3, 0.4) is 0 Å². The fourth-order valence-corrected chi connectivity index (χ4v) is 2.92. The van der Waals surface area contributed by atoms with Crippen LogP contribution in [0.5, 0.6) is 5.75 Å². The highest BCUT2D eigenvalue weighted by atomic mass is 16.5. The lowest BCUT2D eigenvalue weighted by Gasteiger charge is -2.19. The zero-order chi connectivity index (χ0) is 21.6. The van der Waals surface area contributed by atoms with E-state index in [9.17, 15) is 0 Å². The van der Waals surface area contributed by atoms with Crippen LogP contribution in [0.15, 0.2) is 47.6 Å². The standard InChI is InChI=1S/C23H35N5O2/c1-5-24-23(26-18-19-12-13-22(25-17-19)28(6-2)7-3)27-20-10-8-11-21(16-20)30-15-9-14-29-4/h8,10-13,16-17H,5-7,9,14-15,18H2,1-4H3,(H2,24,26,27). The van der Waals surface area contributed by atoms with Crippen molar-refractivity contribution in [2.24, 2.45) is 4.99 Å². The molecule has 0 bridgehead atoms. The topological polar surface area (TPSA) is 71.0 Å². The first-order valence-electron chi connectivity index (χ1n) is 10.7. The van der Waals surface area contributed by atoms with Crippen molar-refractivity contribution in [1.29, 1.82) is 0 Å². The van der Waals surface area contributed by atoms with Crippen LogP contribution in [0.4, 0.5) is 11.5 Å². The molecular formula is C23H35N5O2. The first-order chi connectivity index (χ1) is 14.7. The second-order valence-electron chi connectivity index (χ2n) is 6.74. The lowest BCUT2D eigenvalue weighted by molar-refractivity contribution is 0.172. The second-order valence-corrected chi connectivity index (χ2v) is 6.74. The van der Waals surface area contributed by atoms with Gasteiger partial charge in [0.1, 0.15) is 11.6 Å². The van der Waals surface area contributed by atoms with Gasteiger partial charge in [0.2, 0.25) is 0 Å². The molecule has 0 spiro atoms. The normalized spacial score (nSPS) is 11.3. The molecule has 2 rings (SSSR count). The summed E-state index contributed by atoms with van der Waals surface area (Å²) in [6, 6.07) is 12.0. The Hall–Kier alpha value is -2.80. The molecule has 2 N–H and O–H groups in total. The third-order valence-electron chi connectivity index (χ3n) is 4.52. The molecule has 0 radical (unpaired) electrons. The smallest absolute Gasteiger partial charge is 0.196 e. The number of hydrogen-bond acceptors (Lipinski definition) is 5. The van der Waals surface area contributed by atoms with Crippen LogP contribution in [0, 0.1) is 0 Å². The zero-order valence-electron chi connectivity index (χ0n) is 18.6. The van der Waals surface area contributed by atoms with E-state index in [1.807, 2.05) is 37.4 Å². The molecule has 7 nitrogen and oxygen atoms in total. The summed E-state index contributed by atoms with van der Waals surface area (Å²) in [6.07, 6.45) is 2.76. The van der Waals surface area contributed by atoms with Crippen LogP contribution in [0.2, 0.25) is 0 Å². The minimum absolute atomic E-state index is 0.550. The summed E-state index contributed by atoms with van der Waals surface area (Å²) < 4.78 is 10.8. The van der Waals surface area contributed by atoms with Crippen LogP contribution < -0.4 is 20.3 Å². The van der Waals surface area contributed by atoms with E-state index in [1.165, 1.54) is 0 Å². The Labute approximate surface area is 180 Å². The SMILES string of the molecule is CCNC(=NCc1ccc(N(CC)CC)nc1)Nc1cccc(OCCCOC)c1. The lowest BCUT2D eigenvalue weighted by atomic mass is 10.3.